The molecule has 3 aliphatic rings. The van der Waals surface area contributed by atoms with E-state index in [2.05, 4.69) is 22.0 Å². The van der Waals surface area contributed by atoms with E-state index >= 15 is 0 Å². The molecule has 0 amide bonds. The van der Waals surface area contributed by atoms with Crippen molar-refractivity contribution in [2.75, 3.05) is 19.9 Å². The van der Waals surface area contributed by atoms with Gasteiger partial charge in [0.15, 0.2) is 11.5 Å². The summed E-state index contributed by atoms with van der Waals surface area (Å²) < 4.78 is 17.2. The average Bonchev–Trinajstić information content (AvgIpc) is 3.33. The van der Waals surface area contributed by atoms with Gasteiger partial charge in [-0.05, 0) is 43.0 Å². The predicted octanol–water partition coefficient (Wildman–Crippen LogP) is 3.22. The van der Waals surface area contributed by atoms with Crippen molar-refractivity contribution in [3.63, 3.8) is 0 Å². The second-order valence-electron chi connectivity index (χ2n) is 6.74. The summed E-state index contributed by atoms with van der Waals surface area (Å²) in [6.45, 7) is 3.40. The molecule has 4 heterocycles. The first-order valence-corrected chi connectivity index (χ1v) is 9.39. The number of fused-ring (bicyclic) bond motifs is 2. The normalized spacial score (nSPS) is 28.9. The van der Waals surface area contributed by atoms with Crippen molar-refractivity contribution < 1.29 is 14.2 Å². The number of hydrogen-bond acceptors (Lipinski definition) is 6. The van der Waals surface area contributed by atoms with Crippen LogP contribution in [0.5, 0.6) is 11.5 Å². The molecule has 2 fully saturated rings. The lowest BCUT2D eigenvalue weighted by Gasteiger charge is -2.34. The molecule has 0 radical (unpaired) electrons. The number of aromatic nitrogens is 1. The minimum absolute atomic E-state index is 0.200. The molecule has 3 atom stereocenters. The van der Waals surface area contributed by atoms with Gasteiger partial charge >= 0.3 is 0 Å². The van der Waals surface area contributed by atoms with Crippen molar-refractivity contribution in [1.82, 2.24) is 9.88 Å². The zero-order chi connectivity index (χ0) is 15.9. The molecular formula is C18H20N2O3S. The van der Waals surface area contributed by atoms with Crippen molar-refractivity contribution in [3.05, 3.63) is 40.3 Å². The summed E-state index contributed by atoms with van der Waals surface area (Å²) in [5.74, 6) is 2.39. The fraction of sp³-hybridized carbons (Fsp3) is 0.500. The average molecular weight is 344 g/mol. The molecule has 1 aromatic carbocycles. The monoisotopic (exact) mass is 344 g/mol. The van der Waals surface area contributed by atoms with Crippen LogP contribution in [0.4, 0.5) is 0 Å². The van der Waals surface area contributed by atoms with Gasteiger partial charge in [0.1, 0.15) is 11.1 Å². The van der Waals surface area contributed by atoms with E-state index in [1.165, 1.54) is 12.0 Å². The minimum Gasteiger partial charge on any atom is -0.454 e. The van der Waals surface area contributed by atoms with Crippen LogP contribution in [0.2, 0.25) is 0 Å². The molecule has 0 spiro atoms. The summed E-state index contributed by atoms with van der Waals surface area (Å²) in [6, 6.07) is 6.24. The zero-order valence-corrected chi connectivity index (χ0v) is 14.2. The quantitative estimate of drug-likeness (QED) is 0.855. The molecule has 3 aliphatic heterocycles. The highest BCUT2D eigenvalue weighted by Gasteiger charge is 2.40. The third-order valence-electron chi connectivity index (χ3n) is 5.21. The molecule has 0 aliphatic carbocycles. The molecule has 126 valence electrons. The van der Waals surface area contributed by atoms with Gasteiger partial charge in [0.05, 0.1) is 6.10 Å². The molecule has 0 N–H and O–H groups in total. The van der Waals surface area contributed by atoms with E-state index < -0.39 is 0 Å². The molecular weight excluding hydrogens is 324 g/mol. The lowest BCUT2D eigenvalue weighted by Crippen LogP contribution is -2.41. The summed E-state index contributed by atoms with van der Waals surface area (Å²) in [5.41, 5.74) is 1.27. The van der Waals surface area contributed by atoms with E-state index in [4.69, 9.17) is 14.2 Å². The van der Waals surface area contributed by atoms with E-state index in [9.17, 15) is 0 Å². The second-order valence-corrected chi connectivity index (χ2v) is 7.67. The predicted molar refractivity (Wildman–Crippen MR) is 90.3 cm³/mol. The maximum atomic E-state index is 6.31. The number of ether oxygens (including phenoxy) is 3. The number of hydrogen-bond donors (Lipinski definition) is 0. The van der Waals surface area contributed by atoms with Gasteiger partial charge in [-0.15, -0.1) is 11.3 Å². The molecule has 0 saturated carbocycles. The van der Waals surface area contributed by atoms with Gasteiger partial charge in [-0.25, -0.2) is 4.98 Å². The maximum Gasteiger partial charge on any atom is 0.231 e. The van der Waals surface area contributed by atoms with E-state index in [0.717, 1.165) is 42.6 Å². The Balaban J connectivity index is 1.24. The fourth-order valence-corrected chi connectivity index (χ4v) is 4.67. The Hall–Kier alpha value is -1.63. The summed E-state index contributed by atoms with van der Waals surface area (Å²) in [6.07, 6.45) is 4.73. The van der Waals surface area contributed by atoms with Gasteiger partial charge < -0.3 is 14.2 Å². The van der Waals surface area contributed by atoms with Crippen LogP contribution in [0.25, 0.3) is 0 Å². The van der Waals surface area contributed by atoms with Crippen LogP contribution in [0.3, 0.4) is 0 Å². The highest BCUT2D eigenvalue weighted by Crippen LogP contribution is 2.42. The number of piperidine rings is 1. The first-order chi connectivity index (χ1) is 11.8. The standard InChI is InChI=1S/C18H20N2O3S/c1-2-14-15(22-11-21-14)7-12(1)9-20-5-3-13-8-16(23-17(13)10-20)18-19-4-6-24-18/h1-2,4,6-7,13,16-17H,3,5,8-11H2/t13-,16+,17+/m0/s1. The van der Waals surface area contributed by atoms with E-state index in [0.29, 0.717) is 18.8 Å². The molecule has 24 heavy (non-hydrogen) atoms. The van der Waals surface area contributed by atoms with Crippen molar-refractivity contribution in [1.29, 1.82) is 0 Å². The Labute approximate surface area is 145 Å². The molecule has 0 bridgehead atoms. The van der Waals surface area contributed by atoms with Gasteiger partial charge in [-0.2, -0.15) is 0 Å². The Morgan fingerprint density at radius 2 is 2.21 bits per heavy atom. The maximum absolute atomic E-state index is 6.31. The van der Waals surface area contributed by atoms with Crippen LogP contribution in [-0.2, 0) is 11.3 Å². The highest BCUT2D eigenvalue weighted by molar-refractivity contribution is 7.09. The smallest absolute Gasteiger partial charge is 0.231 e. The van der Waals surface area contributed by atoms with Gasteiger partial charge in [-0.1, -0.05) is 6.07 Å². The lowest BCUT2D eigenvalue weighted by molar-refractivity contribution is -0.00940. The van der Waals surface area contributed by atoms with Crippen LogP contribution in [0, 0.1) is 5.92 Å². The first kappa shape index (κ1) is 14.7. The van der Waals surface area contributed by atoms with Crippen molar-refractivity contribution in [2.45, 2.75) is 31.6 Å². The Bertz CT molecular complexity index is 721. The van der Waals surface area contributed by atoms with E-state index in [1.807, 2.05) is 17.6 Å². The summed E-state index contributed by atoms with van der Waals surface area (Å²) in [7, 11) is 0. The van der Waals surface area contributed by atoms with Crippen molar-refractivity contribution in [2.24, 2.45) is 5.92 Å². The van der Waals surface area contributed by atoms with Gasteiger partial charge in [0, 0.05) is 24.7 Å². The van der Waals surface area contributed by atoms with Crippen molar-refractivity contribution in [3.8, 4) is 11.5 Å². The minimum atomic E-state index is 0.200. The van der Waals surface area contributed by atoms with Gasteiger partial charge in [-0.3, -0.25) is 4.90 Å². The highest BCUT2D eigenvalue weighted by atomic mass is 32.1. The van der Waals surface area contributed by atoms with Crippen molar-refractivity contribution >= 4 is 11.3 Å². The molecule has 5 rings (SSSR count). The fourth-order valence-electron chi connectivity index (χ4n) is 3.99. The van der Waals surface area contributed by atoms with Crippen LogP contribution in [-0.4, -0.2) is 35.9 Å². The number of rotatable bonds is 3. The number of benzene rings is 1. The molecule has 1 aromatic heterocycles. The van der Waals surface area contributed by atoms with E-state index in [-0.39, 0.29) is 6.10 Å². The zero-order valence-electron chi connectivity index (χ0n) is 13.4. The molecule has 2 saturated heterocycles. The third-order valence-corrected chi connectivity index (χ3v) is 6.07. The first-order valence-electron chi connectivity index (χ1n) is 8.51. The Morgan fingerprint density at radius 1 is 1.25 bits per heavy atom. The number of nitrogens with zero attached hydrogens (tertiary/aromatic N) is 2. The van der Waals surface area contributed by atoms with Crippen LogP contribution >= 0.6 is 11.3 Å². The molecule has 2 aromatic rings. The largest absolute Gasteiger partial charge is 0.454 e. The summed E-state index contributed by atoms with van der Waals surface area (Å²) in [4.78, 5) is 6.92. The van der Waals surface area contributed by atoms with Gasteiger partial charge in [0.25, 0.3) is 0 Å². The third kappa shape index (κ3) is 2.68. The Kier molecular flexibility index (Phi) is 3.69. The lowest BCUT2D eigenvalue weighted by atomic mass is 9.91. The second kappa shape index (κ2) is 6.02. The molecule has 6 heteroatoms. The van der Waals surface area contributed by atoms with Crippen LogP contribution in [0.1, 0.15) is 29.5 Å². The van der Waals surface area contributed by atoms with Crippen LogP contribution < -0.4 is 9.47 Å². The number of thiazole rings is 1. The summed E-state index contributed by atoms with van der Waals surface area (Å²) in [5, 5.41) is 3.17. The molecule has 0 unspecified atom stereocenters. The van der Waals surface area contributed by atoms with E-state index in [1.54, 1.807) is 11.3 Å². The SMILES string of the molecule is c1csc([C@H]2C[C@@H]3CCN(Cc4ccc5c(c4)OCO5)C[C@H]3O2)n1. The van der Waals surface area contributed by atoms with Crippen LogP contribution in [0.15, 0.2) is 29.8 Å². The number of likely N-dealkylation sites (tertiary alicyclic amines) is 1. The van der Waals surface area contributed by atoms with Gasteiger partial charge in [0.2, 0.25) is 6.79 Å². The molecule has 5 nitrogen and oxygen atoms in total. The topological polar surface area (TPSA) is 43.8 Å². The summed E-state index contributed by atoms with van der Waals surface area (Å²) >= 11 is 1.70. The Morgan fingerprint density at radius 3 is 3.12 bits per heavy atom.